The van der Waals surface area contributed by atoms with E-state index < -0.39 is 11.1 Å². The first-order valence-corrected chi connectivity index (χ1v) is 9.76. The second-order valence-corrected chi connectivity index (χ2v) is 7.39. The van der Waals surface area contributed by atoms with E-state index in [0.29, 0.717) is 18.1 Å². The van der Waals surface area contributed by atoms with Crippen molar-refractivity contribution >= 4 is 40.6 Å². The lowest BCUT2D eigenvalue weighted by molar-refractivity contribution is -0.129. The predicted molar refractivity (Wildman–Crippen MR) is 105 cm³/mol. The second-order valence-electron chi connectivity index (χ2n) is 6.40. The maximum absolute atomic E-state index is 12.5. The van der Waals surface area contributed by atoms with Crippen LogP contribution in [0, 0.1) is 0 Å². The van der Waals surface area contributed by atoms with Crippen LogP contribution in [0.5, 0.6) is 0 Å². The normalized spacial score (nSPS) is 18.6. The molecule has 2 heterocycles. The maximum atomic E-state index is 12.5. The number of methoxy groups -OCH3 is 1. The molecule has 2 aliphatic rings. The molecule has 0 unspecified atom stereocenters. The molecule has 1 aromatic rings. The fraction of sp³-hybridized carbons (Fsp3) is 0.421. The van der Waals surface area contributed by atoms with Crippen LogP contribution in [0.2, 0.25) is 0 Å². The van der Waals surface area contributed by atoms with Crippen LogP contribution in [0.1, 0.15) is 18.4 Å². The third-order valence-corrected chi connectivity index (χ3v) is 5.37. The summed E-state index contributed by atoms with van der Waals surface area (Å²) in [5.74, 6) is -0.818. The summed E-state index contributed by atoms with van der Waals surface area (Å²) in [6.45, 7) is 2.58. The van der Waals surface area contributed by atoms with Gasteiger partial charge in [0.05, 0.1) is 11.5 Å². The molecule has 7 nitrogen and oxygen atoms in total. The number of thioether (sulfide) groups is 1. The highest BCUT2D eigenvalue weighted by Crippen LogP contribution is 2.32. The number of hydrogen-bond donors (Lipinski definition) is 1. The minimum atomic E-state index is -0.435. The maximum Gasteiger partial charge on any atom is 0.294 e. The summed E-state index contributed by atoms with van der Waals surface area (Å²) < 4.78 is 4.85. The molecule has 2 saturated heterocycles. The summed E-state index contributed by atoms with van der Waals surface area (Å²) in [7, 11) is 1.53. The lowest BCUT2D eigenvalue weighted by atomic mass is 10.2. The summed E-state index contributed by atoms with van der Waals surface area (Å²) >= 11 is 0.860. The molecule has 1 N–H and O–H groups in total. The van der Waals surface area contributed by atoms with E-state index in [2.05, 4.69) is 10.2 Å². The van der Waals surface area contributed by atoms with E-state index in [1.807, 2.05) is 24.3 Å². The number of carbonyl (C=O) groups excluding carboxylic acids is 3. The summed E-state index contributed by atoms with van der Waals surface area (Å²) in [4.78, 5) is 40.0. The SMILES string of the molecule is COCCNC(=O)CN1C(=O)S/C(=C\c2ccc(N3CCCC3)cc2)C1=O. The molecule has 27 heavy (non-hydrogen) atoms. The van der Waals surface area contributed by atoms with Gasteiger partial charge in [-0.3, -0.25) is 19.3 Å². The minimum absolute atomic E-state index is 0.278. The Balaban J connectivity index is 1.62. The molecule has 144 valence electrons. The van der Waals surface area contributed by atoms with Gasteiger partial charge in [-0.25, -0.2) is 0 Å². The Kier molecular flexibility index (Phi) is 6.52. The highest BCUT2D eigenvalue weighted by Gasteiger charge is 2.36. The number of rotatable bonds is 7. The molecule has 0 saturated carbocycles. The topological polar surface area (TPSA) is 79.0 Å². The molecule has 8 heteroatoms. The van der Waals surface area contributed by atoms with Gasteiger partial charge in [-0.15, -0.1) is 0 Å². The van der Waals surface area contributed by atoms with E-state index in [0.717, 1.165) is 35.3 Å². The number of hydrogen-bond acceptors (Lipinski definition) is 6. The smallest absolute Gasteiger partial charge is 0.294 e. The number of nitrogens with zero attached hydrogens (tertiary/aromatic N) is 2. The lowest BCUT2D eigenvalue weighted by Crippen LogP contribution is -2.40. The van der Waals surface area contributed by atoms with Crippen molar-refractivity contribution in [2.24, 2.45) is 0 Å². The van der Waals surface area contributed by atoms with Crippen molar-refractivity contribution in [1.29, 1.82) is 0 Å². The fourth-order valence-corrected chi connectivity index (χ4v) is 3.87. The van der Waals surface area contributed by atoms with Crippen LogP contribution in [0.15, 0.2) is 29.2 Å². The molecule has 3 amide bonds. The summed E-state index contributed by atoms with van der Waals surface area (Å²) in [5, 5.41) is 2.18. The van der Waals surface area contributed by atoms with Crippen molar-refractivity contribution in [3.8, 4) is 0 Å². The van der Waals surface area contributed by atoms with Crippen molar-refractivity contribution in [3.63, 3.8) is 0 Å². The highest BCUT2D eigenvalue weighted by molar-refractivity contribution is 8.18. The Morgan fingerprint density at radius 2 is 1.93 bits per heavy atom. The van der Waals surface area contributed by atoms with Crippen molar-refractivity contribution < 1.29 is 19.1 Å². The third kappa shape index (κ3) is 4.90. The van der Waals surface area contributed by atoms with Gasteiger partial charge in [-0.1, -0.05) is 12.1 Å². The molecule has 3 rings (SSSR count). The Labute approximate surface area is 162 Å². The molecule has 0 aliphatic carbocycles. The quantitative estimate of drug-likeness (QED) is 0.568. The highest BCUT2D eigenvalue weighted by atomic mass is 32.2. The molecular weight excluding hydrogens is 366 g/mol. The number of benzene rings is 1. The first kappa shape index (κ1) is 19.4. The monoisotopic (exact) mass is 389 g/mol. The molecule has 0 bridgehead atoms. The fourth-order valence-electron chi connectivity index (χ4n) is 3.04. The van der Waals surface area contributed by atoms with Gasteiger partial charge in [0.2, 0.25) is 5.91 Å². The van der Waals surface area contributed by atoms with E-state index in [1.54, 1.807) is 6.08 Å². The predicted octanol–water partition coefficient (Wildman–Crippen LogP) is 2.09. The van der Waals surface area contributed by atoms with Crippen molar-refractivity contribution in [2.45, 2.75) is 12.8 Å². The summed E-state index contributed by atoms with van der Waals surface area (Å²) in [6, 6.07) is 7.95. The zero-order valence-corrected chi connectivity index (χ0v) is 16.1. The lowest BCUT2D eigenvalue weighted by Gasteiger charge is -2.17. The van der Waals surface area contributed by atoms with Gasteiger partial charge >= 0.3 is 0 Å². The van der Waals surface area contributed by atoms with Crippen LogP contribution in [-0.4, -0.2) is 61.8 Å². The van der Waals surface area contributed by atoms with E-state index in [9.17, 15) is 14.4 Å². The molecule has 0 spiro atoms. The van der Waals surface area contributed by atoms with Crippen molar-refractivity contribution in [3.05, 3.63) is 34.7 Å². The van der Waals surface area contributed by atoms with Crippen LogP contribution in [0.3, 0.4) is 0 Å². The molecular formula is C19H23N3O4S. The molecule has 2 aliphatic heterocycles. The van der Waals surface area contributed by atoms with E-state index in [1.165, 1.54) is 25.6 Å². The summed E-state index contributed by atoms with van der Waals surface area (Å²) in [5.41, 5.74) is 2.03. The number of ether oxygens (including phenoxy) is 1. The van der Waals surface area contributed by atoms with Gasteiger partial charge in [-0.2, -0.15) is 0 Å². The Bertz CT molecular complexity index is 742. The first-order chi connectivity index (χ1) is 13.1. The van der Waals surface area contributed by atoms with Crippen LogP contribution < -0.4 is 10.2 Å². The summed E-state index contributed by atoms with van der Waals surface area (Å²) in [6.07, 6.45) is 4.13. The molecule has 1 aromatic carbocycles. The zero-order valence-electron chi connectivity index (χ0n) is 15.3. The number of anilines is 1. The Morgan fingerprint density at radius 1 is 1.22 bits per heavy atom. The van der Waals surface area contributed by atoms with Crippen molar-refractivity contribution in [1.82, 2.24) is 10.2 Å². The number of imide groups is 1. The second kappa shape index (κ2) is 9.05. The largest absolute Gasteiger partial charge is 0.383 e. The Morgan fingerprint density at radius 3 is 2.59 bits per heavy atom. The average Bonchev–Trinajstić information content (AvgIpc) is 3.28. The zero-order chi connectivity index (χ0) is 19.2. The standard InChI is InChI=1S/C19H23N3O4S/c1-26-11-8-20-17(23)13-22-18(24)16(27-19(22)25)12-14-4-6-15(7-5-14)21-9-2-3-10-21/h4-7,12H,2-3,8-11,13H2,1H3,(H,20,23)/b16-12-. The number of amides is 3. The van der Waals surface area contributed by atoms with Gasteiger partial charge in [0, 0.05) is 32.4 Å². The Hall–Kier alpha value is -2.32. The van der Waals surface area contributed by atoms with Crippen LogP contribution in [-0.2, 0) is 14.3 Å². The molecule has 2 fully saturated rings. The third-order valence-electron chi connectivity index (χ3n) is 4.47. The van der Waals surface area contributed by atoms with Gasteiger partial charge in [0.15, 0.2) is 0 Å². The van der Waals surface area contributed by atoms with Crippen LogP contribution in [0.25, 0.3) is 6.08 Å². The van der Waals surface area contributed by atoms with E-state index in [4.69, 9.17) is 4.74 Å². The first-order valence-electron chi connectivity index (χ1n) is 8.94. The van der Waals surface area contributed by atoms with Gasteiger partial charge in [0.1, 0.15) is 6.54 Å². The van der Waals surface area contributed by atoms with Crippen LogP contribution >= 0.6 is 11.8 Å². The molecule has 0 radical (unpaired) electrons. The molecule has 0 aromatic heterocycles. The van der Waals surface area contributed by atoms with Gasteiger partial charge in [0.25, 0.3) is 11.1 Å². The number of nitrogens with one attached hydrogen (secondary N) is 1. The van der Waals surface area contributed by atoms with Gasteiger partial charge < -0.3 is 15.0 Å². The average molecular weight is 389 g/mol. The minimum Gasteiger partial charge on any atom is -0.383 e. The van der Waals surface area contributed by atoms with E-state index in [-0.39, 0.29) is 12.5 Å². The van der Waals surface area contributed by atoms with Gasteiger partial charge in [-0.05, 0) is 48.4 Å². The van der Waals surface area contributed by atoms with Crippen molar-refractivity contribution in [2.75, 3.05) is 44.8 Å². The number of carbonyl (C=O) groups is 3. The van der Waals surface area contributed by atoms with E-state index >= 15 is 0 Å². The molecule has 0 atom stereocenters. The van der Waals surface area contributed by atoms with Crippen LogP contribution in [0.4, 0.5) is 10.5 Å².